The summed E-state index contributed by atoms with van der Waals surface area (Å²) in [5.74, 6) is -0.337. The number of hydrogen-bond acceptors (Lipinski definition) is 1. The lowest BCUT2D eigenvalue weighted by Crippen LogP contribution is -1.93. The van der Waals surface area contributed by atoms with Crippen LogP contribution in [0.15, 0.2) is 34.9 Å². The van der Waals surface area contributed by atoms with Gasteiger partial charge in [0.2, 0.25) is 0 Å². The van der Waals surface area contributed by atoms with Crippen LogP contribution in [0.25, 0.3) is 16.6 Å². The van der Waals surface area contributed by atoms with Gasteiger partial charge in [-0.3, -0.25) is 0 Å². The predicted octanol–water partition coefficient (Wildman–Crippen LogP) is 5.17. The van der Waals surface area contributed by atoms with Gasteiger partial charge in [-0.2, -0.15) is 5.10 Å². The van der Waals surface area contributed by atoms with Crippen LogP contribution < -0.4 is 0 Å². The Labute approximate surface area is 129 Å². The first-order valence-electron chi connectivity index (χ1n) is 6.08. The fraction of sp³-hybridized carbons (Fsp3) is 0.133. The number of fused-ring (bicyclic) bond motifs is 1. The monoisotopic (exact) mass is 352 g/mol. The summed E-state index contributed by atoms with van der Waals surface area (Å²) in [7, 11) is 0. The summed E-state index contributed by atoms with van der Waals surface area (Å²) in [6.07, 6.45) is 1.87. The van der Waals surface area contributed by atoms with Gasteiger partial charge in [0.25, 0.3) is 0 Å². The van der Waals surface area contributed by atoms with Crippen molar-refractivity contribution in [1.29, 1.82) is 0 Å². The summed E-state index contributed by atoms with van der Waals surface area (Å²) in [6, 6.07) is 6.61. The summed E-state index contributed by atoms with van der Waals surface area (Å²) < 4.78 is 16.8. The summed E-state index contributed by atoms with van der Waals surface area (Å²) in [4.78, 5) is 0. The van der Waals surface area contributed by atoms with Crippen LogP contribution in [0.4, 0.5) is 4.39 Å². The summed E-state index contributed by atoms with van der Waals surface area (Å²) in [5.41, 5.74) is 4.20. The standard InChI is InChI=1S/C15H11BrClFN2/c1-8-9(2)19-20-7-10(16)5-13(15(8)20)12-4-3-11(17)6-14(12)18/h3-7H,1-2H3. The van der Waals surface area contributed by atoms with Crippen LogP contribution in [-0.4, -0.2) is 9.61 Å². The molecule has 3 aromatic rings. The van der Waals surface area contributed by atoms with Crippen LogP contribution in [0, 0.1) is 19.7 Å². The molecule has 0 fully saturated rings. The second-order valence-electron chi connectivity index (χ2n) is 4.70. The average Bonchev–Trinajstić information content (AvgIpc) is 2.64. The maximum Gasteiger partial charge on any atom is 0.132 e. The normalized spacial score (nSPS) is 11.2. The lowest BCUT2D eigenvalue weighted by atomic mass is 10.0. The van der Waals surface area contributed by atoms with E-state index in [1.165, 1.54) is 6.07 Å². The van der Waals surface area contributed by atoms with Gasteiger partial charge in [0.1, 0.15) is 5.82 Å². The van der Waals surface area contributed by atoms with E-state index >= 15 is 0 Å². The van der Waals surface area contributed by atoms with Crippen molar-refractivity contribution in [2.24, 2.45) is 0 Å². The first-order chi connectivity index (χ1) is 9.47. The Kier molecular flexibility index (Phi) is 3.30. The van der Waals surface area contributed by atoms with Crippen molar-refractivity contribution < 1.29 is 4.39 Å². The SMILES string of the molecule is Cc1nn2cc(Br)cc(-c3ccc(Cl)cc3F)c2c1C. The molecule has 0 amide bonds. The van der Waals surface area contributed by atoms with Gasteiger partial charge in [-0.1, -0.05) is 11.6 Å². The minimum atomic E-state index is -0.337. The Morgan fingerprint density at radius 3 is 2.65 bits per heavy atom. The van der Waals surface area contributed by atoms with Gasteiger partial charge in [0, 0.05) is 26.8 Å². The van der Waals surface area contributed by atoms with Gasteiger partial charge in [0.15, 0.2) is 0 Å². The van der Waals surface area contributed by atoms with Gasteiger partial charge in [0.05, 0.1) is 11.2 Å². The Morgan fingerprint density at radius 1 is 1.20 bits per heavy atom. The van der Waals surface area contributed by atoms with Crippen molar-refractivity contribution in [2.45, 2.75) is 13.8 Å². The number of nitrogens with zero attached hydrogens (tertiary/aromatic N) is 2. The maximum atomic E-state index is 14.2. The summed E-state index contributed by atoms with van der Waals surface area (Å²) in [6.45, 7) is 3.93. The average molecular weight is 354 g/mol. The molecule has 2 heterocycles. The molecule has 0 aliphatic heterocycles. The van der Waals surface area contributed by atoms with E-state index in [2.05, 4.69) is 21.0 Å². The van der Waals surface area contributed by atoms with Crippen LogP contribution in [0.3, 0.4) is 0 Å². The van der Waals surface area contributed by atoms with Gasteiger partial charge in [-0.15, -0.1) is 0 Å². The van der Waals surface area contributed by atoms with E-state index < -0.39 is 0 Å². The van der Waals surface area contributed by atoms with Gasteiger partial charge in [-0.25, -0.2) is 8.91 Å². The van der Waals surface area contributed by atoms with Crippen LogP contribution in [0.5, 0.6) is 0 Å². The van der Waals surface area contributed by atoms with E-state index in [9.17, 15) is 4.39 Å². The zero-order chi connectivity index (χ0) is 14.4. The number of rotatable bonds is 1. The van der Waals surface area contributed by atoms with E-state index in [0.29, 0.717) is 10.6 Å². The van der Waals surface area contributed by atoms with Crippen molar-refractivity contribution in [3.63, 3.8) is 0 Å². The van der Waals surface area contributed by atoms with Gasteiger partial charge < -0.3 is 0 Å². The second kappa shape index (κ2) is 4.86. The molecule has 0 aliphatic rings. The van der Waals surface area contributed by atoms with Crippen LogP contribution >= 0.6 is 27.5 Å². The Bertz CT molecular complexity index is 826. The van der Waals surface area contributed by atoms with E-state index in [1.807, 2.05) is 26.1 Å². The molecule has 0 radical (unpaired) electrons. The highest BCUT2D eigenvalue weighted by Gasteiger charge is 2.15. The molecule has 2 aromatic heterocycles. The maximum absolute atomic E-state index is 14.2. The Balaban J connectivity index is 2.40. The molecule has 0 atom stereocenters. The number of hydrogen-bond donors (Lipinski definition) is 0. The Morgan fingerprint density at radius 2 is 1.95 bits per heavy atom. The van der Waals surface area contributed by atoms with Crippen molar-refractivity contribution in [1.82, 2.24) is 9.61 Å². The molecular weight excluding hydrogens is 343 g/mol. The molecule has 5 heteroatoms. The van der Waals surface area contributed by atoms with E-state index in [-0.39, 0.29) is 5.82 Å². The molecule has 0 spiro atoms. The second-order valence-corrected chi connectivity index (χ2v) is 6.05. The number of pyridine rings is 1. The lowest BCUT2D eigenvalue weighted by Gasteiger charge is -2.08. The summed E-state index contributed by atoms with van der Waals surface area (Å²) in [5, 5.41) is 4.83. The van der Waals surface area contributed by atoms with E-state index in [1.54, 1.807) is 16.6 Å². The largest absolute Gasteiger partial charge is 0.239 e. The van der Waals surface area contributed by atoms with Gasteiger partial charge >= 0.3 is 0 Å². The fourth-order valence-electron chi connectivity index (χ4n) is 2.32. The highest BCUT2D eigenvalue weighted by Crippen LogP contribution is 2.33. The van der Waals surface area contributed by atoms with Crippen molar-refractivity contribution in [2.75, 3.05) is 0 Å². The van der Waals surface area contributed by atoms with E-state index in [4.69, 9.17) is 11.6 Å². The third-order valence-electron chi connectivity index (χ3n) is 3.39. The molecule has 3 rings (SSSR count). The van der Waals surface area contributed by atoms with Crippen LogP contribution in [-0.2, 0) is 0 Å². The van der Waals surface area contributed by atoms with E-state index in [0.717, 1.165) is 26.8 Å². The van der Waals surface area contributed by atoms with Crippen LogP contribution in [0.1, 0.15) is 11.3 Å². The highest BCUT2D eigenvalue weighted by atomic mass is 79.9. The Hall–Kier alpha value is -1.39. The molecular formula is C15H11BrClFN2. The molecule has 102 valence electrons. The molecule has 0 N–H and O–H groups in total. The smallest absolute Gasteiger partial charge is 0.132 e. The lowest BCUT2D eigenvalue weighted by molar-refractivity contribution is 0.631. The van der Waals surface area contributed by atoms with Crippen molar-refractivity contribution >= 4 is 33.0 Å². The topological polar surface area (TPSA) is 17.3 Å². The zero-order valence-corrected chi connectivity index (χ0v) is 13.3. The van der Waals surface area contributed by atoms with Crippen molar-refractivity contribution in [3.8, 4) is 11.1 Å². The quantitative estimate of drug-likeness (QED) is 0.590. The highest BCUT2D eigenvalue weighted by molar-refractivity contribution is 9.10. The molecule has 2 nitrogen and oxygen atoms in total. The van der Waals surface area contributed by atoms with Gasteiger partial charge in [-0.05, 0) is 59.6 Å². The third kappa shape index (κ3) is 2.13. The summed E-state index contributed by atoms with van der Waals surface area (Å²) >= 11 is 9.27. The number of benzene rings is 1. The first-order valence-corrected chi connectivity index (χ1v) is 7.25. The molecule has 0 saturated heterocycles. The predicted molar refractivity (Wildman–Crippen MR) is 82.8 cm³/mol. The minimum absolute atomic E-state index is 0.337. The number of aryl methyl sites for hydroxylation is 2. The number of aromatic nitrogens is 2. The zero-order valence-electron chi connectivity index (χ0n) is 10.9. The first kappa shape index (κ1) is 13.6. The molecule has 0 saturated carbocycles. The fourth-order valence-corrected chi connectivity index (χ4v) is 2.90. The molecule has 1 aromatic carbocycles. The molecule has 20 heavy (non-hydrogen) atoms. The third-order valence-corrected chi connectivity index (χ3v) is 4.06. The molecule has 0 bridgehead atoms. The number of halogens is 3. The molecule has 0 aliphatic carbocycles. The van der Waals surface area contributed by atoms with Crippen molar-refractivity contribution in [3.05, 3.63) is 57.0 Å². The molecule has 0 unspecified atom stereocenters. The van der Waals surface area contributed by atoms with Crippen LogP contribution in [0.2, 0.25) is 5.02 Å². The minimum Gasteiger partial charge on any atom is -0.239 e.